The van der Waals surface area contributed by atoms with E-state index in [1.807, 2.05) is 31.2 Å². The van der Waals surface area contributed by atoms with Crippen LogP contribution in [-0.2, 0) is 0 Å². The fraction of sp³-hybridized carbons (Fsp3) is 0.158. The van der Waals surface area contributed by atoms with E-state index in [2.05, 4.69) is 15.6 Å². The van der Waals surface area contributed by atoms with E-state index in [1.165, 1.54) is 12.5 Å². The van der Waals surface area contributed by atoms with Crippen LogP contribution in [0.2, 0.25) is 0 Å². The maximum atomic E-state index is 12.2. The van der Waals surface area contributed by atoms with Crippen molar-refractivity contribution in [3.05, 3.63) is 77.9 Å². The van der Waals surface area contributed by atoms with Gasteiger partial charge in [0.2, 0.25) is 0 Å². The Balaban J connectivity index is 1.56. The minimum atomic E-state index is -0.763. The van der Waals surface area contributed by atoms with Crippen molar-refractivity contribution < 1.29 is 14.3 Å². The summed E-state index contributed by atoms with van der Waals surface area (Å²) < 4.78 is 5.13. The van der Waals surface area contributed by atoms with Gasteiger partial charge in [0.15, 0.2) is 0 Å². The van der Waals surface area contributed by atoms with Crippen LogP contribution in [0.15, 0.2) is 65.4 Å². The first-order chi connectivity index (χ1) is 12.1. The Morgan fingerprint density at radius 2 is 2.00 bits per heavy atom. The van der Waals surface area contributed by atoms with Crippen molar-refractivity contribution in [2.24, 2.45) is 0 Å². The summed E-state index contributed by atoms with van der Waals surface area (Å²) in [5.41, 5.74) is 2.32. The molecule has 0 aliphatic rings. The van der Waals surface area contributed by atoms with E-state index in [9.17, 15) is 9.90 Å². The number of aromatic nitrogens is 1. The fourth-order valence-corrected chi connectivity index (χ4v) is 2.26. The molecule has 0 fully saturated rings. The summed E-state index contributed by atoms with van der Waals surface area (Å²) in [7, 11) is 0. The van der Waals surface area contributed by atoms with E-state index >= 15 is 0 Å². The van der Waals surface area contributed by atoms with Crippen molar-refractivity contribution in [3.8, 4) is 0 Å². The second kappa shape index (κ2) is 7.63. The Morgan fingerprint density at radius 3 is 2.64 bits per heavy atom. The zero-order chi connectivity index (χ0) is 17.6. The third-order valence-corrected chi connectivity index (χ3v) is 3.68. The van der Waals surface area contributed by atoms with Crippen molar-refractivity contribution in [1.29, 1.82) is 0 Å². The lowest BCUT2D eigenvalue weighted by atomic mass is 10.2. The highest BCUT2D eigenvalue weighted by molar-refractivity contribution is 6.04. The smallest absolute Gasteiger partial charge is 0.257 e. The molecule has 0 saturated carbocycles. The van der Waals surface area contributed by atoms with Crippen LogP contribution in [0.25, 0.3) is 0 Å². The van der Waals surface area contributed by atoms with Crippen LogP contribution >= 0.6 is 0 Å². The van der Waals surface area contributed by atoms with Crippen molar-refractivity contribution in [1.82, 2.24) is 4.98 Å². The lowest BCUT2D eigenvalue weighted by Crippen LogP contribution is -2.14. The number of pyridine rings is 1. The topological polar surface area (TPSA) is 87.4 Å². The molecule has 3 rings (SSSR count). The maximum Gasteiger partial charge on any atom is 0.257 e. The van der Waals surface area contributed by atoms with E-state index in [-0.39, 0.29) is 12.5 Å². The Morgan fingerprint density at radius 1 is 1.20 bits per heavy atom. The van der Waals surface area contributed by atoms with Crippen LogP contribution in [-0.4, -0.2) is 22.5 Å². The molecule has 25 heavy (non-hydrogen) atoms. The number of aryl methyl sites for hydroxylation is 1. The molecular weight excluding hydrogens is 318 g/mol. The largest absolute Gasteiger partial charge is 0.467 e. The average molecular weight is 337 g/mol. The molecule has 0 saturated heterocycles. The number of hydrogen-bond acceptors (Lipinski definition) is 5. The lowest BCUT2D eigenvalue weighted by Gasteiger charge is -2.10. The van der Waals surface area contributed by atoms with E-state index in [4.69, 9.17) is 4.42 Å². The number of aliphatic hydroxyl groups excluding tert-OH is 1. The zero-order valence-electron chi connectivity index (χ0n) is 13.8. The Hall–Kier alpha value is -3.12. The molecule has 1 unspecified atom stereocenters. The molecule has 1 atom stereocenters. The standard InChI is InChI=1S/C19H19N3O3/c1-13-4-7-15(8-5-13)22-19(24)14-6-9-18(20-11-14)21-12-16(23)17-3-2-10-25-17/h2-11,16,23H,12H2,1H3,(H,20,21)(H,22,24). The molecule has 0 bridgehead atoms. The van der Waals surface area contributed by atoms with Crippen molar-refractivity contribution in [2.75, 3.05) is 17.2 Å². The van der Waals surface area contributed by atoms with Gasteiger partial charge in [0.25, 0.3) is 5.91 Å². The fourth-order valence-electron chi connectivity index (χ4n) is 2.26. The summed E-state index contributed by atoms with van der Waals surface area (Å²) >= 11 is 0. The Bertz CT molecular complexity index is 812. The Labute approximate surface area is 145 Å². The highest BCUT2D eigenvalue weighted by atomic mass is 16.4. The number of furan rings is 1. The summed E-state index contributed by atoms with van der Waals surface area (Å²) in [5.74, 6) is 0.831. The quantitative estimate of drug-likeness (QED) is 0.642. The van der Waals surface area contributed by atoms with Crippen LogP contribution < -0.4 is 10.6 Å². The normalized spacial score (nSPS) is 11.8. The first kappa shape index (κ1) is 16.7. The van der Waals surface area contributed by atoms with Gasteiger partial charge in [0.05, 0.1) is 11.8 Å². The van der Waals surface area contributed by atoms with Crippen LogP contribution in [0, 0.1) is 6.92 Å². The molecule has 3 aromatic rings. The van der Waals surface area contributed by atoms with Gasteiger partial charge >= 0.3 is 0 Å². The van der Waals surface area contributed by atoms with Crippen LogP contribution in [0.4, 0.5) is 11.5 Å². The van der Waals surface area contributed by atoms with Crippen LogP contribution in [0.1, 0.15) is 27.8 Å². The average Bonchev–Trinajstić information content (AvgIpc) is 3.17. The maximum absolute atomic E-state index is 12.2. The number of benzene rings is 1. The molecule has 2 heterocycles. The summed E-state index contributed by atoms with van der Waals surface area (Å²) in [5, 5.41) is 15.8. The predicted octanol–water partition coefficient (Wildman–Crippen LogP) is 3.38. The molecule has 0 spiro atoms. The highest BCUT2D eigenvalue weighted by Gasteiger charge is 2.11. The lowest BCUT2D eigenvalue weighted by molar-refractivity contribution is 0.102. The van der Waals surface area contributed by atoms with Crippen molar-refractivity contribution >= 4 is 17.4 Å². The molecule has 128 valence electrons. The molecule has 0 aliphatic heterocycles. The van der Waals surface area contributed by atoms with E-state index in [0.717, 1.165) is 11.3 Å². The van der Waals surface area contributed by atoms with Gasteiger partial charge in [-0.15, -0.1) is 0 Å². The summed E-state index contributed by atoms with van der Waals surface area (Å²) in [4.78, 5) is 16.4. The first-order valence-corrected chi connectivity index (χ1v) is 7.91. The number of anilines is 2. The number of carbonyl (C=O) groups excluding carboxylic acids is 1. The van der Waals surface area contributed by atoms with Gasteiger partial charge < -0.3 is 20.2 Å². The molecule has 0 radical (unpaired) electrons. The SMILES string of the molecule is Cc1ccc(NC(=O)c2ccc(NCC(O)c3ccco3)nc2)cc1. The summed E-state index contributed by atoms with van der Waals surface area (Å²) in [6, 6.07) is 14.4. The van der Waals surface area contributed by atoms with Gasteiger partial charge in [-0.25, -0.2) is 4.98 Å². The molecule has 1 amide bonds. The Kier molecular flexibility index (Phi) is 5.11. The van der Waals surface area contributed by atoms with E-state index < -0.39 is 6.10 Å². The van der Waals surface area contributed by atoms with Gasteiger partial charge in [-0.3, -0.25) is 4.79 Å². The molecule has 6 heteroatoms. The van der Waals surface area contributed by atoms with E-state index in [1.54, 1.807) is 24.3 Å². The monoisotopic (exact) mass is 337 g/mol. The third-order valence-electron chi connectivity index (χ3n) is 3.68. The minimum absolute atomic E-state index is 0.224. The number of rotatable bonds is 6. The zero-order valence-corrected chi connectivity index (χ0v) is 13.8. The second-order valence-electron chi connectivity index (χ2n) is 5.66. The van der Waals surface area contributed by atoms with Gasteiger partial charge in [-0.2, -0.15) is 0 Å². The number of nitrogens with one attached hydrogen (secondary N) is 2. The summed E-state index contributed by atoms with van der Waals surface area (Å²) in [6.45, 7) is 2.25. The van der Waals surface area contributed by atoms with Crippen LogP contribution in [0.3, 0.4) is 0 Å². The number of aliphatic hydroxyl groups is 1. The highest BCUT2D eigenvalue weighted by Crippen LogP contribution is 2.15. The van der Waals surface area contributed by atoms with Crippen molar-refractivity contribution in [2.45, 2.75) is 13.0 Å². The third kappa shape index (κ3) is 4.45. The molecule has 1 aromatic carbocycles. The first-order valence-electron chi connectivity index (χ1n) is 7.91. The summed E-state index contributed by atoms with van der Waals surface area (Å²) in [6.07, 6.45) is 2.24. The van der Waals surface area contributed by atoms with Crippen molar-refractivity contribution in [3.63, 3.8) is 0 Å². The van der Waals surface area contributed by atoms with Gasteiger partial charge in [0, 0.05) is 18.4 Å². The minimum Gasteiger partial charge on any atom is -0.467 e. The van der Waals surface area contributed by atoms with E-state index in [0.29, 0.717) is 17.1 Å². The number of carbonyl (C=O) groups is 1. The molecular formula is C19H19N3O3. The van der Waals surface area contributed by atoms with Gasteiger partial charge in [-0.05, 0) is 43.3 Å². The molecule has 2 aromatic heterocycles. The number of hydrogen-bond donors (Lipinski definition) is 3. The number of amides is 1. The predicted molar refractivity (Wildman–Crippen MR) is 95.5 cm³/mol. The van der Waals surface area contributed by atoms with Gasteiger partial charge in [0.1, 0.15) is 17.7 Å². The molecule has 0 aliphatic carbocycles. The molecule has 3 N–H and O–H groups in total. The van der Waals surface area contributed by atoms with Gasteiger partial charge in [-0.1, -0.05) is 17.7 Å². The molecule has 6 nitrogen and oxygen atoms in total. The second-order valence-corrected chi connectivity index (χ2v) is 5.66. The number of nitrogens with zero attached hydrogens (tertiary/aromatic N) is 1. The van der Waals surface area contributed by atoms with Crippen LogP contribution in [0.5, 0.6) is 0 Å².